The summed E-state index contributed by atoms with van der Waals surface area (Å²) in [6, 6.07) is 0. The molecule has 1 N–H and O–H groups in total. The van der Waals surface area contributed by atoms with E-state index in [4.69, 9.17) is 0 Å². The third-order valence-electron chi connectivity index (χ3n) is 3.10. The van der Waals surface area contributed by atoms with Crippen LogP contribution >= 0.6 is 0 Å². The number of sulfone groups is 1. The molecular formula is C12H24N2O3S. The fourth-order valence-corrected chi connectivity index (χ4v) is 2.76. The van der Waals surface area contributed by atoms with E-state index in [1.54, 1.807) is 0 Å². The Morgan fingerprint density at radius 1 is 1.17 bits per heavy atom. The maximum absolute atomic E-state index is 11.9. The van der Waals surface area contributed by atoms with E-state index < -0.39 is 9.84 Å². The lowest BCUT2D eigenvalue weighted by molar-refractivity contribution is -0.130. The minimum absolute atomic E-state index is 0.135. The Hall–Kier alpha value is -0.620. The molecule has 1 fully saturated rings. The SMILES string of the molecule is CS(=O)(=O)CCCNCC(=O)N1CCCCCC1. The zero-order valence-electron chi connectivity index (χ0n) is 11.2. The van der Waals surface area contributed by atoms with Gasteiger partial charge in [0.25, 0.3) is 0 Å². The molecule has 6 heteroatoms. The molecule has 0 spiro atoms. The van der Waals surface area contributed by atoms with Crippen molar-refractivity contribution in [2.75, 3.05) is 38.2 Å². The molecule has 1 saturated heterocycles. The van der Waals surface area contributed by atoms with Gasteiger partial charge in [-0.1, -0.05) is 12.8 Å². The average molecular weight is 276 g/mol. The van der Waals surface area contributed by atoms with Crippen LogP contribution in [0.5, 0.6) is 0 Å². The number of nitrogens with zero attached hydrogens (tertiary/aromatic N) is 1. The Balaban J connectivity index is 2.12. The molecule has 1 amide bonds. The van der Waals surface area contributed by atoms with Crippen LogP contribution in [-0.4, -0.2) is 57.4 Å². The lowest BCUT2D eigenvalue weighted by atomic mass is 10.2. The fourth-order valence-electron chi connectivity index (χ4n) is 2.09. The van der Waals surface area contributed by atoms with Crippen LogP contribution in [0.3, 0.4) is 0 Å². The average Bonchev–Trinajstić information content (AvgIpc) is 2.55. The molecule has 0 atom stereocenters. The molecule has 1 aliphatic heterocycles. The molecule has 1 rings (SSSR count). The molecule has 0 aromatic heterocycles. The molecule has 0 saturated carbocycles. The molecule has 0 aromatic carbocycles. The van der Waals surface area contributed by atoms with Crippen molar-refractivity contribution in [3.8, 4) is 0 Å². The summed E-state index contributed by atoms with van der Waals surface area (Å²) in [5.74, 6) is 0.314. The summed E-state index contributed by atoms with van der Waals surface area (Å²) < 4.78 is 21.8. The van der Waals surface area contributed by atoms with Crippen molar-refractivity contribution in [3.05, 3.63) is 0 Å². The topological polar surface area (TPSA) is 66.5 Å². The summed E-state index contributed by atoms with van der Waals surface area (Å²) in [5, 5.41) is 3.02. The van der Waals surface area contributed by atoms with E-state index in [1.807, 2.05) is 4.90 Å². The molecule has 0 unspecified atom stereocenters. The number of carbonyl (C=O) groups is 1. The quantitative estimate of drug-likeness (QED) is 0.714. The van der Waals surface area contributed by atoms with Crippen molar-refractivity contribution in [2.24, 2.45) is 0 Å². The van der Waals surface area contributed by atoms with E-state index in [1.165, 1.54) is 19.1 Å². The molecular weight excluding hydrogens is 252 g/mol. The van der Waals surface area contributed by atoms with Gasteiger partial charge < -0.3 is 10.2 Å². The zero-order chi connectivity index (χ0) is 13.4. The predicted molar refractivity (Wildman–Crippen MR) is 72.2 cm³/mol. The highest BCUT2D eigenvalue weighted by atomic mass is 32.2. The number of carbonyl (C=O) groups excluding carboxylic acids is 1. The molecule has 18 heavy (non-hydrogen) atoms. The van der Waals surface area contributed by atoms with E-state index in [-0.39, 0.29) is 11.7 Å². The monoisotopic (exact) mass is 276 g/mol. The zero-order valence-corrected chi connectivity index (χ0v) is 12.0. The van der Waals surface area contributed by atoms with Crippen LogP contribution in [0.1, 0.15) is 32.1 Å². The summed E-state index contributed by atoms with van der Waals surface area (Å²) >= 11 is 0. The van der Waals surface area contributed by atoms with E-state index in [2.05, 4.69) is 5.32 Å². The lowest BCUT2D eigenvalue weighted by Crippen LogP contribution is -2.39. The van der Waals surface area contributed by atoms with Gasteiger partial charge in [-0.3, -0.25) is 4.79 Å². The number of hydrogen-bond donors (Lipinski definition) is 1. The summed E-state index contributed by atoms with van der Waals surface area (Å²) in [4.78, 5) is 13.8. The Morgan fingerprint density at radius 3 is 2.33 bits per heavy atom. The van der Waals surface area contributed by atoms with Gasteiger partial charge in [0.15, 0.2) is 0 Å². The van der Waals surface area contributed by atoms with Gasteiger partial charge >= 0.3 is 0 Å². The van der Waals surface area contributed by atoms with E-state index in [9.17, 15) is 13.2 Å². The molecule has 5 nitrogen and oxygen atoms in total. The predicted octanol–water partition coefficient (Wildman–Crippen LogP) is 0.413. The standard InChI is InChI=1S/C12H24N2O3S/c1-18(16,17)10-6-7-13-11-12(15)14-8-4-2-3-5-9-14/h13H,2-11H2,1H3. The molecule has 106 valence electrons. The van der Waals surface area contributed by atoms with E-state index >= 15 is 0 Å². The molecule has 0 aliphatic carbocycles. The van der Waals surface area contributed by atoms with Gasteiger partial charge in [-0.05, 0) is 25.8 Å². The van der Waals surface area contributed by atoms with Gasteiger partial charge in [-0.25, -0.2) is 8.42 Å². The molecule has 1 heterocycles. The summed E-state index contributed by atoms with van der Waals surface area (Å²) in [6.45, 7) is 2.63. The molecule has 0 aromatic rings. The molecule has 1 aliphatic rings. The second kappa shape index (κ2) is 7.74. The summed E-state index contributed by atoms with van der Waals surface area (Å²) in [5.41, 5.74) is 0. The highest BCUT2D eigenvalue weighted by Crippen LogP contribution is 2.09. The highest BCUT2D eigenvalue weighted by molar-refractivity contribution is 7.90. The smallest absolute Gasteiger partial charge is 0.236 e. The second-order valence-corrected chi connectivity index (χ2v) is 7.21. The van der Waals surface area contributed by atoms with Crippen LogP contribution in [-0.2, 0) is 14.6 Å². The van der Waals surface area contributed by atoms with Gasteiger partial charge in [0.2, 0.25) is 5.91 Å². The molecule has 0 radical (unpaired) electrons. The first-order valence-electron chi connectivity index (χ1n) is 6.65. The summed E-state index contributed by atoms with van der Waals surface area (Å²) in [7, 11) is -2.89. The number of nitrogens with one attached hydrogen (secondary N) is 1. The Kier molecular flexibility index (Phi) is 6.63. The van der Waals surface area contributed by atoms with Gasteiger partial charge in [-0.15, -0.1) is 0 Å². The Morgan fingerprint density at radius 2 is 1.78 bits per heavy atom. The normalized spacial score (nSPS) is 17.5. The largest absolute Gasteiger partial charge is 0.342 e. The van der Waals surface area contributed by atoms with Crippen molar-refractivity contribution in [2.45, 2.75) is 32.1 Å². The minimum atomic E-state index is -2.89. The summed E-state index contributed by atoms with van der Waals surface area (Å²) in [6.07, 6.45) is 6.41. The van der Waals surface area contributed by atoms with E-state index in [0.717, 1.165) is 25.9 Å². The first kappa shape index (κ1) is 15.4. The maximum atomic E-state index is 11.9. The van der Waals surface area contributed by atoms with Gasteiger partial charge in [0.05, 0.1) is 12.3 Å². The van der Waals surface area contributed by atoms with E-state index in [0.29, 0.717) is 19.5 Å². The van der Waals surface area contributed by atoms with Crippen LogP contribution in [0, 0.1) is 0 Å². The Labute approximate surface area is 110 Å². The van der Waals surface area contributed by atoms with Gasteiger partial charge in [0.1, 0.15) is 9.84 Å². The van der Waals surface area contributed by atoms with Crippen LogP contribution in [0.25, 0.3) is 0 Å². The minimum Gasteiger partial charge on any atom is -0.342 e. The number of amides is 1. The van der Waals surface area contributed by atoms with Crippen LogP contribution < -0.4 is 5.32 Å². The number of rotatable bonds is 6. The fraction of sp³-hybridized carbons (Fsp3) is 0.917. The first-order valence-corrected chi connectivity index (χ1v) is 8.71. The van der Waals surface area contributed by atoms with Crippen molar-refractivity contribution in [1.29, 1.82) is 0 Å². The first-order chi connectivity index (χ1) is 8.49. The third-order valence-corrected chi connectivity index (χ3v) is 4.13. The van der Waals surface area contributed by atoms with Gasteiger partial charge in [0, 0.05) is 19.3 Å². The van der Waals surface area contributed by atoms with Gasteiger partial charge in [-0.2, -0.15) is 0 Å². The van der Waals surface area contributed by atoms with Crippen LogP contribution in [0.4, 0.5) is 0 Å². The highest BCUT2D eigenvalue weighted by Gasteiger charge is 2.14. The van der Waals surface area contributed by atoms with Crippen LogP contribution in [0.15, 0.2) is 0 Å². The van der Waals surface area contributed by atoms with Crippen molar-refractivity contribution in [3.63, 3.8) is 0 Å². The lowest BCUT2D eigenvalue weighted by Gasteiger charge is -2.20. The second-order valence-electron chi connectivity index (χ2n) is 4.96. The number of hydrogen-bond acceptors (Lipinski definition) is 4. The van der Waals surface area contributed by atoms with Crippen molar-refractivity contribution < 1.29 is 13.2 Å². The van der Waals surface area contributed by atoms with Crippen molar-refractivity contribution >= 4 is 15.7 Å². The van der Waals surface area contributed by atoms with Crippen LogP contribution in [0.2, 0.25) is 0 Å². The number of likely N-dealkylation sites (tertiary alicyclic amines) is 1. The third kappa shape index (κ3) is 6.96. The Bertz CT molecular complexity index is 346. The van der Waals surface area contributed by atoms with Crippen molar-refractivity contribution in [1.82, 2.24) is 10.2 Å². The molecule has 0 bridgehead atoms. The maximum Gasteiger partial charge on any atom is 0.236 e.